The molecule has 0 bridgehead atoms. The number of nitriles is 1. The van der Waals surface area contributed by atoms with Crippen molar-refractivity contribution >= 4 is 5.91 Å². The number of rotatable bonds is 2. The zero-order valence-electron chi connectivity index (χ0n) is 12.3. The van der Waals surface area contributed by atoms with Crippen molar-refractivity contribution in [2.45, 2.75) is 27.7 Å². The van der Waals surface area contributed by atoms with Crippen LogP contribution < -0.4 is 5.32 Å². The van der Waals surface area contributed by atoms with Crippen LogP contribution in [0.4, 0.5) is 0 Å². The van der Waals surface area contributed by atoms with Gasteiger partial charge in [0.2, 0.25) is 0 Å². The molecule has 0 unspecified atom stereocenters. The molecule has 1 amide bonds. The van der Waals surface area contributed by atoms with Gasteiger partial charge in [-0.3, -0.25) is 15.1 Å². The van der Waals surface area contributed by atoms with Crippen molar-refractivity contribution in [3.8, 4) is 11.9 Å². The van der Waals surface area contributed by atoms with Crippen LogP contribution in [0.25, 0.3) is 5.69 Å². The lowest BCUT2D eigenvalue weighted by atomic mass is 10.2. The summed E-state index contributed by atoms with van der Waals surface area (Å²) in [5.74, 6) is -0.455. The average Bonchev–Trinajstić information content (AvgIpc) is 3.06. The molecule has 0 saturated carbocycles. The third kappa shape index (κ3) is 4.94. The normalized spacial score (nSPS) is 8.15. The van der Waals surface area contributed by atoms with Gasteiger partial charge < -0.3 is 4.57 Å². The summed E-state index contributed by atoms with van der Waals surface area (Å²) in [6, 6.07) is 5.42. The van der Waals surface area contributed by atoms with Crippen LogP contribution in [0.3, 0.4) is 0 Å². The van der Waals surface area contributed by atoms with Gasteiger partial charge in [0.1, 0.15) is 0 Å². The zero-order chi connectivity index (χ0) is 15.4. The van der Waals surface area contributed by atoms with Gasteiger partial charge in [-0.25, -0.2) is 0 Å². The molecule has 20 heavy (non-hydrogen) atoms. The van der Waals surface area contributed by atoms with Crippen LogP contribution in [0.1, 0.15) is 38.1 Å². The largest absolute Gasteiger partial charge is 0.322 e. The minimum Gasteiger partial charge on any atom is -0.322 e. The van der Waals surface area contributed by atoms with Crippen LogP contribution in [-0.4, -0.2) is 15.5 Å². The van der Waals surface area contributed by atoms with E-state index in [2.05, 4.69) is 10.3 Å². The van der Waals surface area contributed by atoms with Crippen LogP contribution in [0.15, 0.2) is 43.0 Å². The SMILES string of the molecule is CC.CC.N#CNC(=O)c1cncc(-n2cccc2)c1. The Hall–Kier alpha value is -2.61. The third-order valence-corrected chi connectivity index (χ3v) is 2.06. The molecule has 2 aromatic rings. The summed E-state index contributed by atoms with van der Waals surface area (Å²) in [6.07, 6.45) is 8.34. The first-order valence-electron chi connectivity index (χ1n) is 6.59. The van der Waals surface area contributed by atoms with Crippen molar-refractivity contribution in [3.63, 3.8) is 0 Å². The number of nitrogens with zero attached hydrogens (tertiary/aromatic N) is 3. The predicted molar refractivity (Wildman–Crippen MR) is 79.3 cm³/mol. The van der Waals surface area contributed by atoms with E-state index >= 15 is 0 Å². The van der Waals surface area contributed by atoms with Crippen LogP contribution in [0.5, 0.6) is 0 Å². The van der Waals surface area contributed by atoms with Crippen molar-refractivity contribution in [3.05, 3.63) is 48.5 Å². The second-order valence-corrected chi connectivity index (χ2v) is 3.09. The first-order chi connectivity index (χ1) is 9.81. The topological polar surface area (TPSA) is 70.7 Å². The highest BCUT2D eigenvalue weighted by atomic mass is 16.1. The fraction of sp³-hybridized carbons (Fsp3) is 0.267. The molecule has 0 aromatic carbocycles. The molecule has 2 rings (SSSR count). The second-order valence-electron chi connectivity index (χ2n) is 3.09. The van der Waals surface area contributed by atoms with Crippen LogP contribution >= 0.6 is 0 Å². The molecule has 0 aliphatic heterocycles. The Morgan fingerprint density at radius 2 is 1.80 bits per heavy atom. The van der Waals surface area contributed by atoms with Gasteiger partial charge in [0.05, 0.1) is 17.4 Å². The quantitative estimate of drug-likeness (QED) is 0.674. The highest BCUT2D eigenvalue weighted by Crippen LogP contribution is 2.08. The Morgan fingerprint density at radius 1 is 1.20 bits per heavy atom. The van der Waals surface area contributed by atoms with Crippen molar-refractivity contribution in [1.29, 1.82) is 5.26 Å². The summed E-state index contributed by atoms with van der Waals surface area (Å²) >= 11 is 0. The number of carbonyl (C=O) groups excluding carboxylic acids is 1. The van der Waals surface area contributed by atoms with Gasteiger partial charge in [-0.2, -0.15) is 5.26 Å². The molecule has 1 N–H and O–H groups in total. The third-order valence-electron chi connectivity index (χ3n) is 2.06. The maximum atomic E-state index is 11.4. The number of pyridine rings is 1. The van der Waals surface area contributed by atoms with Gasteiger partial charge in [0.25, 0.3) is 5.91 Å². The minimum atomic E-state index is -0.455. The molecule has 2 heterocycles. The van der Waals surface area contributed by atoms with E-state index in [1.807, 2.05) is 56.8 Å². The van der Waals surface area contributed by atoms with E-state index in [0.717, 1.165) is 5.69 Å². The number of amides is 1. The Labute approximate surface area is 119 Å². The summed E-state index contributed by atoms with van der Waals surface area (Å²) in [4.78, 5) is 15.3. The molecule has 0 aliphatic rings. The number of hydrogen-bond donors (Lipinski definition) is 1. The van der Waals surface area contributed by atoms with E-state index in [0.29, 0.717) is 5.56 Å². The summed E-state index contributed by atoms with van der Waals surface area (Å²) in [5.41, 5.74) is 1.13. The van der Waals surface area contributed by atoms with E-state index in [9.17, 15) is 4.79 Å². The number of aromatic nitrogens is 2. The first-order valence-corrected chi connectivity index (χ1v) is 6.59. The standard InChI is InChI=1S/C11H8N4O.2C2H6/c12-8-14-11(16)9-5-10(7-13-6-9)15-3-1-2-4-15;2*1-2/h1-7H,(H,14,16);2*1-2H3. The highest BCUT2D eigenvalue weighted by Gasteiger charge is 2.06. The zero-order valence-corrected chi connectivity index (χ0v) is 12.3. The van der Waals surface area contributed by atoms with E-state index in [4.69, 9.17) is 5.26 Å². The maximum absolute atomic E-state index is 11.4. The monoisotopic (exact) mass is 272 g/mol. The minimum absolute atomic E-state index is 0.354. The molecule has 0 saturated heterocycles. The molecule has 0 aliphatic carbocycles. The van der Waals surface area contributed by atoms with E-state index in [1.165, 1.54) is 6.20 Å². The smallest absolute Gasteiger partial charge is 0.265 e. The Kier molecular flexibility index (Phi) is 8.98. The molecule has 0 radical (unpaired) electrons. The molecular formula is C15H20N4O. The lowest BCUT2D eigenvalue weighted by molar-refractivity contribution is 0.0972. The van der Waals surface area contributed by atoms with Crippen molar-refractivity contribution in [2.75, 3.05) is 0 Å². The van der Waals surface area contributed by atoms with Gasteiger partial charge in [-0.15, -0.1) is 0 Å². The summed E-state index contributed by atoms with van der Waals surface area (Å²) in [7, 11) is 0. The van der Waals surface area contributed by atoms with Crippen LogP contribution in [-0.2, 0) is 0 Å². The van der Waals surface area contributed by atoms with Gasteiger partial charge in [-0.05, 0) is 18.2 Å². The van der Waals surface area contributed by atoms with Crippen LogP contribution in [0.2, 0.25) is 0 Å². The van der Waals surface area contributed by atoms with E-state index in [-0.39, 0.29) is 0 Å². The fourth-order valence-electron chi connectivity index (χ4n) is 1.32. The van der Waals surface area contributed by atoms with Gasteiger partial charge in [0, 0.05) is 18.6 Å². The summed E-state index contributed by atoms with van der Waals surface area (Å²) < 4.78 is 1.83. The number of carbonyl (C=O) groups is 1. The molecular weight excluding hydrogens is 252 g/mol. The lowest BCUT2D eigenvalue weighted by Gasteiger charge is -2.03. The predicted octanol–water partition coefficient (Wildman–Crippen LogP) is 3.14. The number of nitrogens with one attached hydrogen (secondary N) is 1. The lowest BCUT2D eigenvalue weighted by Crippen LogP contribution is -2.17. The molecule has 0 fully saturated rings. The van der Waals surface area contributed by atoms with Gasteiger partial charge in [-0.1, -0.05) is 27.7 Å². The number of hydrogen-bond acceptors (Lipinski definition) is 3. The molecule has 0 spiro atoms. The molecule has 106 valence electrons. The van der Waals surface area contributed by atoms with E-state index < -0.39 is 5.91 Å². The first kappa shape index (κ1) is 17.4. The summed E-state index contributed by atoms with van der Waals surface area (Å²) in [6.45, 7) is 8.00. The molecule has 2 aromatic heterocycles. The fourth-order valence-corrected chi connectivity index (χ4v) is 1.32. The Bertz CT molecular complexity index is 541. The Balaban J connectivity index is 0.000000829. The average molecular weight is 272 g/mol. The molecule has 5 nitrogen and oxygen atoms in total. The Morgan fingerprint density at radius 3 is 2.35 bits per heavy atom. The van der Waals surface area contributed by atoms with E-state index in [1.54, 1.807) is 18.5 Å². The van der Waals surface area contributed by atoms with Gasteiger partial charge >= 0.3 is 0 Å². The molecule has 0 atom stereocenters. The van der Waals surface area contributed by atoms with Crippen molar-refractivity contribution in [2.24, 2.45) is 0 Å². The molecule has 5 heteroatoms. The second kappa shape index (κ2) is 10.3. The summed E-state index contributed by atoms with van der Waals surface area (Å²) in [5, 5.41) is 10.4. The highest BCUT2D eigenvalue weighted by molar-refractivity contribution is 5.95. The van der Waals surface area contributed by atoms with Crippen LogP contribution in [0, 0.1) is 11.5 Å². The van der Waals surface area contributed by atoms with Crippen molar-refractivity contribution < 1.29 is 4.79 Å². The van der Waals surface area contributed by atoms with Crippen molar-refractivity contribution in [1.82, 2.24) is 14.9 Å². The maximum Gasteiger partial charge on any atom is 0.265 e. The van der Waals surface area contributed by atoms with Gasteiger partial charge in [0.15, 0.2) is 6.19 Å².